The quantitative estimate of drug-likeness (QED) is 0.613. The van der Waals surface area contributed by atoms with Gasteiger partial charge in [0.2, 0.25) is 0 Å². The highest BCUT2D eigenvalue weighted by atomic mass is 19.1. The maximum atomic E-state index is 12.5. The third-order valence-electron chi connectivity index (χ3n) is 5.70. The van der Waals surface area contributed by atoms with Crippen LogP contribution >= 0.6 is 0 Å². The van der Waals surface area contributed by atoms with Gasteiger partial charge in [0, 0.05) is 31.5 Å². The molecule has 4 heteroatoms. The van der Waals surface area contributed by atoms with E-state index in [4.69, 9.17) is 4.74 Å². The van der Waals surface area contributed by atoms with Crippen molar-refractivity contribution in [1.29, 1.82) is 0 Å². The van der Waals surface area contributed by atoms with Gasteiger partial charge in [0.25, 0.3) is 0 Å². The molecule has 1 atom stereocenters. The highest BCUT2D eigenvalue weighted by Crippen LogP contribution is 2.31. The molecule has 2 aromatic carbocycles. The number of rotatable bonds is 10. The van der Waals surface area contributed by atoms with Gasteiger partial charge >= 0.3 is 0 Å². The number of hydrogen-bond donors (Lipinski definition) is 1. The maximum absolute atomic E-state index is 12.5. The molecule has 0 saturated carbocycles. The molecule has 1 aliphatic heterocycles. The molecule has 28 heavy (non-hydrogen) atoms. The molecule has 1 fully saturated rings. The average molecular weight is 386 g/mol. The minimum Gasteiger partial charge on any atom is -0.508 e. The van der Waals surface area contributed by atoms with Gasteiger partial charge in [-0.05, 0) is 53.8 Å². The van der Waals surface area contributed by atoms with Crippen molar-refractivity contribution in [2.45, 2.75) is 39.0 Å². The summed E-state index contributed by atoms with van der Waals surface area (Å²) in [6.07, 6.45) is 3.26. The summed E-state index contributed by atoms with van der Waals surface area (Å²) < 4.78 is 18.3. The number of benzene rings is 2. The number of phenols is 1. The number of unbranched alkanes of at least 4 members (excludes halogenated alkanes) is 1. The van der Waals surface area contributed by atoms with E-state index < -0.39 is 0 Å². The van der Waals surface area contributed by atoms with Crippen molar-refractivity contribution in [3.8, 4) is 11.5 Å². The number of nitrogens with zero attached hydrogens (tertiary/aromatic N) is 1. The zero-order valence-electron chi connectivity index (χ0n) is 17.0. The smallest absolute Gasteiger partial charge is 0.119 e. The Kier molecular flexibility index (Phi) is 7.32. The molecule has 0 radical (unpaired) electrons. The van der Waals surface area contributed by atoms with Crippen LogP contribution in [0.1, 0.15) is 49.3 Å². The highest BCUT2D eigenvalue weighted by molar-refractivity contribution is 5.42. The molecular weight excluding hydrogens is 353 g/mol. The fraction of sp³-hybridized carbons (Fsp3) is 0.500. The second-order valence-electron chi connectivity index (χ2n) is 7.91. The molecule has 1 saturated heterocycles. The summed E-state index contributed by atoms with van der Waals surface area (Å²) in [4.78, 5) is 2.23. The molecule has 2 aromatic rings. The third kappa shape index (κ3) is 5.26. The van der Waals surface area contributed by atoms with E-state index in [9.17, 15) is 9.50 Å². The molecule has 1 N–H and O–H groups in total. The molecule has 1 heterocycles. The van der Waals surface area contributed by atoms with E-state index in [1.165, 1.54) is 16.7 Å². The molecule has 3 nitrogen and oxygen atoms in total. The minimum atomic E-state index is -0.210. The van der Waals surface area contributed by atoms with Crippen LogP contribution in [0, 0.1) is 5.92 Å². The van der Waals surface area contributed by atoms with Crippen molar-refractivity contribution >= 4 is 0 Å². The molecule has 0 spiro atoms. The predicted octanol–water partition coefficient (Wildman–Crippen LogP) is 5.17. The molecular formula is C24H32FNO2. The number of likely N-dealkylation sites (tertiary alicyclic amines) is 1. The van der Waals surface area contributed by atoms with E-state index in [1.54, 1.807) is 6.07 Å². The van der Waals surface area contributed by atoms with Gasteiger partial charge in [-0.2, -0.15) is 0 Å². The number of ether oxygens (including phenoxy) is 1. The summed E-state index contributed by atoms with van der Waals surface area (Å²) in [5.74, 6) is 1.70. The Morgan fingerprint density at radius 3 is 2.61 bits per heavy atom. The molecule has 0 aliphatic carbocycles. The first-order valence-electron chi connectivity index (χ1n) is 10.4. The molecule has 152 valence electrons. The summed E-state index contributed by atoms with van der Waals surface area (Å²) in [6, 6.07) is 14.0. The van der Waals surface area contributed by atoms with Crippen LogP contribution in [-0.4, -0.2) is 42.9 Å². The summed E-state index contributed by atoms with van der Waals surface area (Å²) >= 11 is 0. The number of hydrogen-bond acceptors (Lipinski definition) is 3. The first-order valence-corrected chi connectivity index (χ1v) is 10.4. The number of phenolic OH excluding ortho intramolecular Hbond substituents is 1. The minimum absolute atomic E-state index is 0.210. The van der Waals surface area contributed by atoms with Gasteiger partial charge in [-0.15, -0.1) is 0 Å². The fourth-order valence-electron chi connectivity index (χ4n) is 3.88. The normalized spacial score (nSPS) is 16.0. The van der Waals surface area contributed by atoms with Crippen LogP contribution in [0.25, 0.3) is 0 Å². The Hall–Kier alpha value is -2.07. The molecule has 0 bridgehead atoms. The Balaban J connectivity index is 1.57. The van der Waals surface area contributed by atoms with Crippen molar-refractivity contribution < 1.29 is 14.2 Å². The van der Waals surface area contributed by atoms with Crippen molar-refractivity contribution in [2.24, 2.45) is 5.92 Å². The van der Waals surface area contributed by atoms with Crippen LogP contribution in [0.5, 0.6) is 11.5 Å². The summed E-state index contributed by atoms with van der Waals surface area (Å²) in [6.45, 7) is 7.37. The van der Waals surface area contributed by atoms with Crippen LogP contribution in [0.4, 0.5) is 4.39 Å². The van der Waals surface area contributed by atoms with Crippen molar-refractivity contribution in [1.82, 2.24) is 4.90 Å². The van der Waals surface area contributed by atoms with E-state index in [0.717, 1.165) is 44.6 Å². The second kappa shape index (κ2) is 9.92. The second-order valence-corrected chi connectivity index (χ2v) is 7.91. The van der Waals surface area contributed by atoms with E-state index in [1.807, 2.05) is 24.3 Å². The predicted molar refractivity (Wildman–Crippen MR) is 112 cm³/mol. The lowest BCUT2D eigenvalue weighted by molar-refractivity contribution is 0.0668. The lowest BCUT2D eigenvalue weighted by atomic mass is 9.88. The van der Waals surface area contributed by atoms with Gasteiger partial charge in [0.15, 0.2) is 0 Å². The lowest BCUT2D eigenvalue weighted by Crippen LogP contribution is -2.49. The molecule has 1 unspecified atom stereocenters. The van der Waals surface area contributed by atoms with Crippen molar-refractivity contribution in [3.63, 3.8) is 0 Å². The first-order chi connectivity index (χ1) is 13.6. The van der Waals surface area contributed by atoms with Crippen molar-refractivity contribution in [3.05, 3.63) is 59.2 Å². The van der Waals surface area contributed by atoms with E-state index in [-0.39, 0.29) is 18.5 Å². The molecule has 3 rings (SSSR count). The number of alkyl halides is 1. The van der Waals surface area contributed by atoms with Gasteiger partial charge in [0.05, 0.1) is 6.67 Å². The van der Waals surface area contributed by atoms with Crippen LogP contribution < -0.4 is 4.74 Å². The first kappa shape index (κ1) is 20.7. The Morgan fingerprint density at radius 2 is 1.93 bits per heavy atom. The monoisotopic (exact) mass is 385 g/mol. The SMILES string of the molecule is CCCCc1cc(O)ccc1C(C)c1ccc(OCCN2CC(CF)C2)cc1. The molecule has 0 aromatic heterocycles. The Bertz CT molecular complexity index is 741. The van der Waals surface area contributed by atoms with Crippen molar-refractivity contribution in [2.75, 3.05) is 32.9 Å². The fourth-order valence-corrected chi connectivity index (χ4v) is 3.88. The van der Waals surface area contributed by atoms with Gasteiger partial charge < -0.3 is 9.84 Å². The summed E-state index contributed by atoms with van der Waals surface area (Å²) in [5, 5.41) is 9.86. The summed E-state index contributed by atoms with van der Waals surface area (Å²) in [5.41, 5.74) is 3.75. The molecule has 0 amide bonds. The topological polar surface area (TPSA) is 32.7 Å². The van der Waals surface area contributed by atoms with Gasteiger partial charge in [-0.3, -0.25) is 9.29 Å². The van der Waals surface area contributed by atoms with Crippen LogP contribution in [0.2, 0.25) is 0 Å². The van der Waals surface area contributed by atoms with E-state index in [2.05, 4.69) is 30.9 Å². The largest absolute Gasteiger partial charge is 0.508 e. The highest BCUT2D eigenvalue weighted by Gasteiger charge is 2.25. The maximum Gasteiger partial charge on any atom is 0.119 e. The van der Waals surface area contributed by atoms with Gasteiger partial charge in [-0.25, -0.2) is 0 Å². The Labute approximate surface area is 168 Å². The lowest BCUT2D eigenvalue weighted by Gasteiger charge is -2.37. The zero-order valence-corrected chi connectivity index (χ0v) is 17.0. The third-order valence-corrected chi connectivity index (χ3v) is 5.70. The van der Waals surface area contributed by atoms with E-state index >= 15 is 0 Å². The van der Waals surface area contributed by atoms with Crippen LogP contribution in [0.3, 0.4) is 0 Å². The number of aryl methyl sites for hydroxylation is 1. The zero-order chi connectivity index (χ0) is 19.9. The van der Waals surface area contributed by atoms with Crippen LogP contribution in [0.15, 0.2) is 42.5 Å². The summed E-state index contributed by atoms with van der Waals surface area (Å²) in [7, 11) is 0. The van der Waals surface area contributed by atoms with Gasteiger partial charge in [-0.1, -0.05) is 38.5 Å². The number of halogens is 1. The standard InChI is InChI=1S/C24H32FNO2/c1-3-4-5-21-14-22(27)8-11-24(21)18(2)20-6-9-23(10-7-20)28-13-12-26-16-19(15-25)17-26/h6-11,14,18-19,27H,3-5,12-13,15-17H2,1-2H3. The van der Waals surface area contributed by atoms with E-state index in [0.29, 0.717) is 12.4 Å². The average Bonchev–Trinajstić information content (AvgIpc) is 2.68. The van der Waals surface area contributed by atoms with Gasteiger partial charge in [0.1, 0.15) is 18.1 Å². The number of aromatic hydroxyl groups is 1. The van der Waals surface area contributed by atoms with Crippen LogP contribution in [-0.2, 0) is 6.42 Å². The molecule has 1 aliphatic rings. The Morgan fingerprint density at radius 1 is 1.18 bits per heavy atom.